The lowest BCUT2D eigenvalue weighted by Gasteiger charge is -2.19. The molecule has 2 aromatic carbocycles. The van der Waals surface area contributed by atoms with Crippen molar-refractivity contribution >= 4 is 11.9 Å². The summed E-state index contributed by atoms with van der Waals surface area (Å²) in [6, 6.07) is 12.3. The Bertz CT molecular complexity index is 1070. The van der Waals surface area contributed by atoms with E-state index in [0.29, 0.717) is 5.82 Å². The molecule has 10 heteroatoms. The molecule has 0 unspecified atom stereocenters. The first-order chi connectivity index (χ1) is 15.4. The quantitative estimate of drug-likeness (QED) is 0.509. The molecule has 0 fully saturated rings. The van der Waals surface area contributed by atoms with Gasteiger partial charge in [-0.15, -0.1) is 0 Å². The number of amides is 1. The molecule has 3 aromatic rings. The molecule has 0 spiro atoms. The number of nitrogens with one attached hydrogen (secondary N) is 1. The Labute approximate surface area is 182 Å². The predicted molar refractivity (Wildman–Crippen MR) is 110 cm³/mol. The lowest BCUT2D eigenvalue weighted by atomic mass is 10.1. The zero-order chi connectivity index (χ0) is 23.1. The van der Waals surface area contributed by atoms with Crippen LogP contribution in [0.2, 0.25) is 0 Å². The van der Waals surface area contributed by atoms with E-state index in [-0.39, 0.29) is 17.1 Å². The number of hydrogen-bond acceptors (Lipinski definition) is 6. The van der Waals surface area contributed by atoms with E-state index in [4.69, 9.17) is 9.47 Å². The largest absolute Gasteiger partial charge is 0.493 e. The van der Waals surface area contributed by atoms with Gasteiger partial charge in [-0.3, -0.25) is 4.79 Å². The van der Waals surface area contributed by atoms with Crippen molar-refractivity contribution in [1.29, 1.82) is 0 Å². The Morgan fingerprint density at radius 3 is 2.50 bits per heavy atom. The van der Waals surface area contributed by atoms with Crippen LogP contribution in [0.1, 0.15) is 27.8 Å². The molecule has 0 aliphatic rings. The molecule has 1 aromatic heterocycles. The van der Waals surface area contributed by atoms with Gasteiger partial charge in [0.05, 0.1) is 12.7 Å². The number of hydrogen-bond donors (Lipinski definition) is 1. The van der Waals surface area contributed by atoms with E-state index >= 15 is 0 Å². The minimum absolute atomic E-state index is 0.0139. The molecule has 8 nitrogen and oxygen atoms in total. The monoisotopic (exact) mass is 445 g/mol. The number of nitrogens with zero attached hydrogens (tertiary/aromatic N) is 2. The van der Waals surface area contributed by atoms with Crippen LogP contribution in [-0.2, 0) is 16.6 Å². The maximum absolute atomic E-state index is 12.5. The van der Waals surface area contributed by atoms with Crippen molar-refractivity contribution in [3.05, 3.63) is 77.9 Å². The summed E-state index contributed by atoms with van der Waals surface area (Å²) in [5, 5.41) is 2.81. The van der Waals surface area contributed by atoms with E-state index in [0.717, 1.165) is 11.6 Å². The van der Waals surface area contributed by atoms with Gasteiger partial charge in [-0.2, -0.15) is 8.78 Å². The third-order valence-corrected chi connectivity index (χ3v) is 4.50. The Balaban J connectivity index is 1.66. The fourth-order valence-electron chi connectivity index (χ4n) is 3.00. The minimum Gasteiger partial charge on any atom is -0.493 e. The fraction of sp³-hybridized carbons (Fsp3) is 0.227. The van der Waals surface area contributed by atoms with Crippen molar-refractivity contribution in [2.75, 3.05) is 13.7 Å². The number of alkyl halides is 2. The first-order valence-electron chi connectivity index (χ1n) is 9.50. The van der Waals surface area contributed by atoms with E-state index < -0.39 is 31.1 Å². The molecular formula is C22H21F2N3O5. The Kier molecular flexibility index (Phi) is 7.37. The van der Waals surface area contributed by atoms with Crippen molar-refractivity contribution in [3.8, 4) is 11.5 Å². The van der Waals surface area contributed by atoms with Crippen LogP contribution in [0.15, 0.2) is 60.9 Å². The molecule has 1 atom stereocenters. The van der Waals surface area contributed by atoms with Gasteiger partial charge in [0.15, 0.2) is 18.1 Å². The summed E-state index contributed by atoms with van der Waals surface area (Å²) >= 11 is 0. The van der Waals surface area contributed by atoms with Crippen LogP contribution in [-0.4, -0.2) is 41.8 Å². The molecule has 0 aliphatic carbocycles. The number of halogens is 2. The molecule has 1 N–H and O–H groups in total. The van der Waals surface area contributed by atoms with Crippen LogP contribution in [0.3, 0.4) is 0 Å². The number of esters is 1. The van der Waals surface area contributed by atoms with Gasteiger partial charge >= 0.3 is 12.6 Å². The average Bonchev–Trinajstić information content (AvgIpc) is 3.21. The van der Waals surface area contributed by atoms with Crippen molar-refractivity contribution in [2.24, 2.45) is 7.05 Å². The zero-order valence-electron chi connectivity index (χ0n) is 17.3. The number of ether oxygens (including phenoxy) is 3. The molecule has 0 saturated carbocycles. The van der Waals surface area contributed by atoms with Gasteiger partial charge in [0, 0.05) is 19.4 Å². The summed E-state index contributed by atoms with van der Waals surface area (Å²) in [7, 11) is 3.05. The molecule has 0 bridgehead atoms. The summed E-state index contributed by atoms with van der Waals surface area (Å²) in [4.78, 5) is 29.1. The fourth-order valence-corrected chi connectivity index (χ4v) is 3.00. The molecule has 0 saturated heterocycles. The van der Waals surface area contributed by atoms with E-state index in [1.165, 1.54) is 19.2 Å². The van der Waals surface area contributed by atoms with Crippen LogP contribution in [0.5, 0.6) is 11.5 Å². The van der Waals surface area contributed by atoms with Crippen molar-refractivity contribution in [1.82, 2.24) is 14.9 Å². The third-order valence-electron chi connectivity index (χ3n) is 4.50. The van der Waals surface area contributed by atoms with Crippen LogP contribution in [0, 0.1) is 0 Å². The predicted octanol–water partition coefficient (Wildman–Crippen LogP) is 3.09. The van der Waals surface area contributed by atoms with Crippen LogP contribution >= 0.6 is 0 Å². The summed E-state index contributed by atoms with van der Waals surface area (Å²) in [6.07, 6.45) is 3.37. The highest BCUT2D eigenvalue weighted by molar-refractivity contribution is 5.92. The highest BCUT2D eigenvalue weighted by atomic mass is 19.3. The second kappa shape index (κ2) is 10.4. The smallest absolute Gasteiger partial charge is 0.387 e. The van der Waals surface area contributed by atoms with E-state index in [1.807, 2.05) is 30.3 Å². The summed E-state index contributed by atoms with van der Waals surface area (Å²) in [6.45, 7) is -3.59. The lowest BCUT2D eigenvalue weighted by molar-refractivity contribution is -0.124. The Morgan fingerprint density at radius 1 is 1.12 bits per heavy atom. The van der Waals surface area contributed by atoms with Gasteiger partial charge in [0.2, 0.25) is 0 Å². The lowest BCUT2D eigenvalue weighted by Crippen LogP contribution is -2.34. The van der Waals surface area contributed by atoms with Gasteiger partial charge in [-0.25, -0.2) is 9.78 Å². The first kappa shape index (κ1) is 22.7. The van der Waals surface area contributed by atoms with Gasteiger partial charge in [0.1, 0.15) is 11.9 Å². The molecule has 32 heavy (non-hydrogen) atoms. The van der Waals surface area contributed by atoms with Crippen LogP contribution in [0.4, 0.5) is 8.78 Å². The number of benzene rings is 2. The molecule has 0 aliphatic heterocycles. The number of carbonyl (C=O) groups excluding carboxylic acids is 2. The number of aromatic nitrogens is 2. The second-order valence-electron chi connectivity index (χ2n) is 6.63. The molecule has 3 rings (SSSR count). The van der Waals surface area contributed by atoms with E-state index in [1.54, 1.807) is 24.0 Å². The van der Waals surface area contributed by atoms with E-state index in [2.05, 4.69) is 15.0 Å². The summed E-state index contributed by atoms with van der Waals surface area (Å²) < 4.78 is 41.0. The standard InChI is InChI=1S/C22H21F2N3O5/c1-27-11-10-25-20(27)19(14-6-4-3-5-7-14)26-18(28)13-31-21(29)15-8-9-16(32-22(23)24)17(12-15)30-2/h3-12,19,22H,13H2,1-2H3,(H,26,28)/t19-/m1/s1. The Hall–Kier alpha value is -3.95. The van der Waals surface area contributed by atoms with Gasteiger partial charge in [-0.05, 0) is 23.8 Å². The van der Waals surface area contributed by atoms with Crippen LogP contribution in [0.25, 0.3) is 0 Å². The topological polar surface area (TPSA) is 91.7 Å². The van der Waals surface area contributed by atoms with Crippen molar-refractivity contribution in [2.45, 2.75) is 12.7 Å². The number of carbonyl (C=O) groups is 2. The van der Waals surface area contributed by atoms with Crippen molar-refractivity contribution < 1.29 is 32.6 Å². The second-order valence-corrected chi connectivity index (χ2v) is 6.63. The SMILES string of the molecule is COc1cc(C(=O)OCC(=O)N[C@H](c2ccccc2)c2nccn2C)ccc1OC(F)F. The van der Waals surface area contributed by atoms with E-state index in [9.17, 15) is 18.4 Å². The van der Waals surface area contributed by atoms with Crippen molar-refractivity contribution in [3.63, 3.8) is 0 Å². The number of imidazole rings is 1. The normalized spacial score (nSPS) is 11.7. The Morgan fingerprint density at radius 2 is 1.88 bits per heavy atom. The molecule has 1 heterocycles. The van der Waals surface area contributed by atoms with Gasteiger partial charge in [0.25, 0.3) is 5.91 Å². The third kappa shape index (κ3) is 5.60. The minimum atomic E-state index is -3.04. The molecular weight excluding hydrogens is 424 g/mol. The number of rotatable bonds is 9. The first-order valence-corrected chi connectivity index (χ1v) is 9.50. The highest BCUT2D eigenvalue weighted by Crippen LogP contribution is 2.29. The van der Waals surface area contributed by atoms with Crippen LogP contribution < -0.4 is 14.8 Å². The summed E-state index contributed by atoms with van der Waals surface area (Å²) in [5.41, 5.74) is 0.820. The maximum Gasteiger partial charge on any atom is 0.387 e. The summed E-state index contributed by atoms with van der Waals surface area (Å²) in [5.74, 6) is -1.05. The molecule has 168 valence electrons. The molecule has 0 radical (unpaired) electrons. The maximum atomic E-state index is 12.5. The zero-order valence-corrected chi connectivity index (χ0v) is 17.3. The number of methoxy groups -OCH3 is 1. The number of aryl methyl sites for hydroxylation is 1. The molecule has 1 amide bonds. The highest BCUT2D eigenvalue weighted by Gasteiger charge is 2.22. The van der Waals surface area contributed by atoms with Gasteiger partial charge < -0.3 is 24.1 Å². The van der Waals surface area contributed by atoms with Gasteiger partial charge in [-0.1, -0.05) is 30.3 Å². The average molecular weight is 445 g/mol.